The standard InChI is InChI=1S/C13H17N5O2S/c1-9(2)18-8-15-17-13(18)21-7-11(19)16-10-4-5-12(20-3)14-6-10/h4-6,8-9H,7H2,1-3H3,(H,16,19). The summed E-state index contributed by atoms with van der Waals surface area (Å²) in [6.45, 7) is 4.08. The number of pyridine rings is 1. The van der Waals surface area contributed by atoms with Gasteiger partial charge in [-0.3, -0.25) is 4.79 Å². The molecule has 0 saturated heterocycles. The normalized spacial score (nSPS) is 10.7. The first-order valence-electron chi connectivity index (χ1n) is 6.42. The maximum Gasteiger partial charge on any atom is 0.234 e. The van der Waals surface area contributed by atoms with Crippen LogP contribution in [0, 0.1) is 0 Å². The molecular formula is C13H17N5O2S. The molecule has 0 aromatic carbocycles. The molecule has 0 saturated carbocycles. The van der Waals surface area contributed by atoms with Gasteiger partial charge in [0.2, 0.25) is 11.8 Å². The van der Waals surface area contributed by atoms with E-state index in [1.165, 1.54) is 11.8 Å². The summed E-state index contributed by atoms with van der Waals surface area (Å²) in [6, 6.07) is 3.69. The number of thioether (sulfide) groups is 1. The number of carbonyl (C=O) groups excluding carboxylic acids is 1. The van der Waals surface area contributed by atoms with Gasteiger partial charge in [0.25, 0.3) is 0 Å². The molecule has 0 spiro atoms. The number of anilines is 1. The minimum absolute atomic E-state index is 0.120. The van der Waals surface area contributed by atoms with E-state index < -0.39 is 0 Å². The minimum atomic E-state index is -0.120. The second-order valence-corrected chi connectivity index (χ2v) is 5.48. The van der Waals surface area contributed by atoms with Gasteiger partial charge in [0.15, 0.2) is 5.16 Å². The van der Waals surface area contributed by atoms with Gasteiger partial charge in [-0.15, -0.1) is 10.2 Å². The van der Waals surface area contributed by atoms with Crippen LogP contribution in [-0.2, 0) is 4.79 Å². The molecule has 0 bridgehead atoms. The van der Waals surface area contributed by atoms with Crippen molar-refractivity contribution in [2.45, 2.75) is 25.0 Å². The first-order valence-corrected chi connectivity index (χ1v) is 7.41. The average Bonchev–Trinajstić information content (AvgIpc) is 2.94. The van der Waals surface area contributed by atoms with Gasteiger partial charge >= 0.3 is 0 Å². The van der Waals surface area contributed by atoms with Gasteiger partial charge in [-0.1, -0.05) is 11.8 Å². The van der Waals surface area contributed by atoms with Crippen LogP contribution in [0.3, 0.4) is 0 Å². The van der Waals surface area contributed by atoms with Crippen LogP contribution in [0.4, 0.5) is 5.69 Å². The number of methoxy groups -OCH3 is 1. The van der Waals surface area contributed by atoms with Gasteiger partial charge in [0.1, 0.15) is 6.33 Å². The van der Waals surface area contributed by atoms with Gasteiger partial charge in [0.05, 0.1) is 24.7 Å². The Morgan fingerprint density at radius 3 is 2.90 bits per heavy atom. The van der Waals surface area contributed by atoms with E-state index in [1.54, 1.807) is 31.8 Å². The van der Waals surface area contributed by atoms with E-state index in [2.05, 4.69) is 20.5 Å². The van der Waals surface area contributed by atoms with Gasteiger partial charge in [0, 0.05) is 12.1 Å². The quantitative estimate of drug-likeness (QED) is 0.822. The number of nitrogens with zero attached hydrogens (tertiary/aromatic N) is 4. The van der Waals surface area contributed by atoms with Crippen molar-refractivity contribution >= 4 is 23.4 Å². The molecule has 0 fully saturated rings. The SMILES string of the molecule is COc1ccc(NC(=O)CSc2nncn2C(C)C)cn1. The van der Waals surface area contributed by atoms with E-state index in [4.69, 9.17) is 4.74 Å². The summed E-state index contributed by atoms with van der Waals surface area (Å²) in [7, 11) is 1.54. The van der Waals surface area contributed by atoms with Crippen molar-refractivity contribution in [3.05, 3.63) is 24.7 Å². The van der Waals surface area contributed by atoms with E-state index in [0.717, 1.165) is 5.16 Å². The summed E-state index contributed by atoms with van der Waals surface area (Å²) < 4.78 is 6.88. The first-order chi connectivity index (χ1) is 10.1. The predicted molar refractivity (Wildman–Crippen MR) is 80.5 cm³/mol. The maximum atomic E-state index is 11.9. The fourth-order valence-electron chi connectivity index (χ4n) is 1.59. The maximum absolute atomic E-state index is 11.9. The third-order valence-electron chi connectivity index (χ3n) is 2.66. The molecule has 0 atom stereocenters. The van der Waals surface area contributed by atoms with Crippen LogP contribution in [0.1, 0.15) is 19.9 Å². The Kier molecular flexibility index (Phi) is 5.15. The molecule has 0 aliphatic carbocycles. The van der Waals surface area contributed by atoms with Gasteiger partial charge in [-0.2, -0.15) is 0 Å². The van der Waals surface area contributed by atoms with Crippen LogP contribution in [0.2, 0.25) is 0 Å². The molecule has 8 heteroatoms. The lowest BCUT2D eigenvalue weighted by Crippen LogP contribution is -2.15. The molecular weight excluding hydrogens is 290 g/mol. The van der Waals surface area contributed by atoms with Crippen LogP contribution in [-0.4, -0.2) is 38.5 Å². The molecule has 2 aromatic heterocycles. The highest BCUT2D eigenvalue weighted by molar-refractivity contribution is 7.99. The van der Waals surface area contributed by atoms with Crippen molar-refractivity contribution in [3.8, 4) is 5.88 Å². The summed E-state index contributed by atoms with van der Waals surface area (Å²) in [6.07, 6.45) is 3.22. The van der Waals surface area contributed by atoms with Crippen LogP contribution in [0.25, 0.3) is 0 Å². The van der Waals surface area contributed by atoms with Crippen LogP contribution >= 0.6 is 11.8 Å². The second-order valence-electron chi connectivity index (χ2n) is 4.54. The fourth-order valence-corrected chi connectivity index (χ4v) is 2.44. The van der Waals surface area contributed by atoms with Crippen LogP contribution in [0.5, 0.6) is 5.88 Å². The number of hydrogen-bond acceptors (Lipinski definition) is 6. The molecule has 7 nitrogen and oxygen atoms in total. The minimum Gasteiger partial charge on any atom is -0.481 e. The highest BCUT2D eigenvalue weighted by atomic mass is 32.2. The molecule has 0 unspecified atom stereocenters. The second kappa shape index (κ2) is 7.07. The smallest absolute Gasteiger partial charge is 0.234 e. The zero-order valence-corrected chi connectivity index (χ0v) is 12.9. The summed E-state index contributed by atoms with van der Waals surface area (Å²) in [5.74, 6) is 0.648. The summed E-state index contributed by atoms with van der Waals surface area (Å²) in [5, 5.41) is 11.4. The van der Waals surface area contributed by atoms with Crippen molar-refractivity contribution < 1.29 is 9.53 Å². The Morgan fingerprint density at radius 2 is 2.29 bits per heavy atom. The molecule has 0 aliphatic heterocycles. The van der Waals surface area contributed by atoms with Crippen molar-refractivity contribution in [3.63, 3.8) is 0 Å². The summed E-state index contributed by atoms with van der Waals surface area (Å²) >= 11 is 1.35. The largest absolute Gasteiger partial charge is 0.481 e. The number of nitrogens with one attached hydrogen (secondary N) is 1. The number of aromatic nitrogens is 4. The number of amides is 1. The Morgan fingerprint density at radius 1 is 1.48 bits per heavy atom. The molecule has 2 rings (SSSR count). The van der Waals surface area contributed by atoms with Crippen LogP contribution < -0.4 is 10.1 Å². The Labute approximate surface area is 127 Å². The molecule has 1 amide bonds. The van der Waals surface area contributed by atoms with Crippen LogP contribution in [0.15, 0.2) is 29.8 Å². The average molecular weight is 307 g/mol. The zero-order valence-electron chi connectivity index (χ0n) is 12.1. The summed E-state index contributed by atoms with van der Waals surface area (Å²) in [4.78, 5) is 15.9. The molecule has 2 heterocycles. The van der Waals surface area contributed by atoms with Crippen molar-refractivity contribution in [2.24, 2.45) is 0 Å². The van der Waals surface area contributed by atoms with E-state index in [9.17, 15) is 4.79 Å². The Bertz CT molecular complexity index is 597. The number of rotatable bonds is 6. The number of carbonyl (C=O) groups is 1. The lowest BCUT2D eigenvalue weighted by Gasteiger charge is -2.09. The third kappa shape index (κ3) is 4.19. The lowest BCUT2D eigenvalue weighted by molar-refractivity contribution is -0.113. The Hall–Kier alpha value is -2.09. The topological polar surface area (TPSA) is 81.9 Å². The van der Waals surface area contributed by atoms with Crippen molar-refractivity contribution in [1.82, 2.24) is 19.7 Å². The van der Waals surface area contributed by atoms with E-state index in [0.29, 0.717) is 11.6 Å². The van der Waals surface area contributed by atoms with E-state index in [-0.39, 0.29) is 17.7 Å². The monoisotopic (exact) mass is 307 g/mol. The molecule has 0 radical (unpaired) electrons. The molecule has 1 N–H and O–H groups in total. The van der Waals surface area contributed by atoms with Gasteiger partial charge in [-0.25, -0.2) is 4.98 Å². The van der Waals surface area contributed by atoms with E-state index in [1.807, 2.05) is 18.4 Å². The number of ether oxygens (including phenoxy) is 1. The van der Waals surface area contributed by atoms with Crippen molar-refractivity contribution in [2.75, 3.05) is 18.2 Å². The van der Waals surface area contributed by atoms with Gasteiger partial charge in [-0.05, 0) is 19.9 Å². The highest BCUT2D eigenvalue weighted by Gasteiger charge is 2.11. The molecule has 2 aromatic rings. The fraction of sp³-hybridized carbons (Fsp3) is 0.385. The molecule has 21 heavy (non-hydrogen) atoms. The summed E-state index contributed by atoms with van der Waals surface area (Å²) in [5.41, 5.74) is 0.631. The number of hydrogen-bond donors (Lipinski definition) is 1. The third-order valence-corrected chi connectivity index (χ3v) is 3.62. The van der Waals surface area contributed by atoms with Gasteiger partial charge < -0.3 is 14.6 Å². The zero-order chi connectivity index (χ0) is 15.2. The lowest BCUT2D eigenvalue weighted by atomic mass is 10.4. The van der Waals surface area contributed by atoms with E-state index >= 15 is 0 Å². The Balaban J connectivity index is 1.88. The predicted octanol–water partition coefficient (Wildman–Crippen LogP) is 1.99. The van der Waals surface area contributed by atoms with Crippen molar-refractivity contribution in [1.29, 1.82) is 0 Å². The molecule has 0 aliphatic rings. The first kappa shape index (κ1) is 15.3. The highest BCUT2D eigenvalue weighted by Crippen LogP contribution is 2.19. The molecule has 112 valence electrons.